The van der Waals surface area contributed by atoms with Crippen molar-refractivity contribution in [2.75, 3.05) is 12.4 Å². The SMILES string of the molecule is CNC1C(=O)Nc2cc(SC3CCCC3)c(Br)cc21. The van der Waals surface area contributed by atoms with Crippen molar-refractivity contribution in [1.29, 1.82) is 0 Å². The molecule has 102 valence electrons. The lowest BCUT2D eigenvalue weighted by molar-refractivity contribution is -0.117. The Labute approximate surface area is 126 Å². The zero-order chi connectivity index (χ0) is 13.4. The molecule has 0 aromatic heterocycles. The van der Waals surface area contributed by atoms with Gasteiger partial charge in [-0.1, -0.05) is 12.8 Å². The summed E-state index contributed by atoms with van der Waals surface area (Å²) in [5.41, 5.74) is 1.99. The molecule has 0 radical (unpaired) electrons. The number of hydrogen-bond donors (Lipinski definition) is 2. The summed E-state index contributed by atoms with van der Waals surface area (Å²) >= 11 is 5.58. The number of halogens is 1. The summed E-state index contributed by atoms with van der Waals surface area (Å²) in [6, 6.07) is 3.96. The molecule has 0 spiro atoms. The van der Waals surface area contributed by atoms with Crippen LogP contribution in [0.1, 0.15) is 37.3 Å². The van der Waals surface area contributed by atoms with Gasteiger partial charge in [0.05, 0.1) is 0 Å². The molecule has 0 bridgehead atoms. The predicted molar refractivity (Wildman–Crippen MR) is 82.7 cm³/mol. The second-order valence-electron chi connectivity index (χ2n) is 5.11. The largest absolute Gasteiger partial charge is 0.324 e. The number of carbonyl (C=O) groups excluding carboxylic acids is 1. The Bertz CT molecular complexity index is 514. The summed E-state index contributed by atoms with van der Waals surface area (Å²) in [6.45, 7) is 0. The lowest BCUT2D eigenvalue weighted by atomic mass is 10.1. The third-order valence-electron chi connectivity index (χ3n) is 3.82. The van der Waals surface area contributed by atoms with E-state index in [1.54, 1.807) is 0 Å². The van der Waals surface area contributed by atoms with Gasteiger partial charge in [-0.2, -0.15) is 0 Å². The number of fused-ring (bicyclic) bond motifs is 1. The van der Waals surface area contributed by atoms with Crippen molar-refractivity contribution in [3.63, 3.8) is 0 Å². The first-order valence-electron chi connectivity index (χ1n) is 6.67. The summed E-state index contributed by atoms with van der Waals surface area (Å²) < 4.78 is 1.10. The topological polar surface area (TPSA) is 41.1 Å². The monoisotopic (exact) mass is 340 g/mol. The van der Waals surface area contributed by atoms with Gasteiger partial charge in [-0.25, -0.2) is 0 Å². The molecule has 1 aromatic rings. The van der Waals surface area contributed by atoms with E-state index in [-0.39, 0.29) is 11.9 Å². The predicted octanol–water partition coefficient (Wildman–Crippen LogP) is 3.70. The molecule has 1 heterocycles. The van der Waals surface area contributed by atoms with Crippen molar-refractivity contribution in [3.8, 4) is 0 Å². The van der Waals surface area contributed by atoms with Gasteiger partial charge in [0.2, 0.25) is 5.91 Å². The van der Waals surface area contributed by atoms with Crippen molar-refractivity contribution in [1.82, 2.24) is 5.32 Å². The highest BCUT2D eigenvalue weighted by atomic mass is 79.9. The van der Waals surface area contributed by atoms with Crippen LogP contribution in [0.4, 0.5) is 5.69 Å². The average Bonchev–Trinajstić information content (AvgIpc) is 2.97. The van der Waals surface area contributed by atoms with E-state index in [1.807, 2.05) is 18.8 Å². The van der Waals surface area contributed by atoms with Gasteiger partial charge in [0.15, 0.2) is 0 Å². The second-order valence-corrected chi connectivity index (χ2v) is 7.30. The maximum atomic E-state index is 11.8. The number of anilines is 1. The van der Waals surface area contributed by atoms with E-state index in [4.69, 9.17) is 0 Å². The molecule has 1 amide bonds. The lowest BCUT2D eigenvalue weighted by Gasteiger charge is -2.13. The molecule has 2 N–H and O–H groups in total. The molecule has 1 aliphatic heterocycles. The zero-order valence-electron chi connectivity index (χ0n) is 10.8. The quantitative estimate of drug-likeness (QED) is 0.881. The number of nitrogens with one attached hydrogen (secondary N) is 2. The van der Waals surface area contributed by atoms with Gasteiger partial charge in [-0.15, -0.1) is 11.8 Å². The minimum absolute atomic E-state index is 0.0346. The Morgan fingerprint density at radius 1 is 1.37 bits per heavy atom. The van der Waals surface area contributed by atoms with E-state index in [2.05, 4.69) is 38.7 Å². The van der Waals surface area contributed by atoms with Gasteiger partial charge in [0.1, 0.15) is 6.04 Å². The maximum Gasteiger partial charge on any atom is 0.246 e. The molecule has 1 atom stereocenters. The second kappa shape index (κ2) is 5.46. The Hall–Kier alpha value is -0.520. The van der Waals surface area contributed by atoms with E-state index in [9.17, 15) is 4.79 Å². The van der Waals surface area contributed by atoms with Crippen LogP contribution >= 0.6 is 27.7 Å². The van der Waals surface area contributed by atoms with Crippen LogP contribution in [0.25, 0.3) is 0 Å². The van der Waals surface area contributed by atoms with Gasteiger partial charge in [0, 0.05) is 25.9 Å². The minimum atomic E-state index is -0.225. The van der Waals surface area contributed by atoms with E-state index >= 15 is 0 Å². The fourth-order valence-electron chi connectivity index (χ4n) is 2.82. The fourth-order valence-corrected chi connectivity index (χ4v) is 4.75. The van der Waals surface area contributed by atoms with Crippen LogP contribution in [0.3, 0.4) is 0 Å². The van der Waals surface area contributed by atoms with Crippen LogP contribution in [0.2, 0.25) is 0 Å². The summed E-state index contributed by atoms with van der Waals surface area (Å²) in [7, 11) is 1.81. The highest BCUT2D eigenvalue weighted by molar-refractivity contribution is 9.10. The van der Waals surface area contributed by atoms with Gasteiger partial charge >= 0.3 is 0 Å². The van der Waals surface area contributed by atoms with Gasteiger partial charge < -0.3 is 10.6 Å². The van der Waals surface area contributed by atoms with Crippen molar-refractivity contribution in [2.45, 2.75) is 41.9 Å². The normalized spacial score (nSPS) is 22.6. The summed E-state index contributed by atoms with van der Waals surface area (Å²) in [4.78, 5) is 13.1. The first kappa shape index (κ1) is 13.5. The first-order valence-corrected chi connectivity index (χ1v) is 8.34. The van der Waals surface area contributed by atoms with Crippen LogP contribution in [0, 0.1) is 0 Å². The number of hydrogen-bond acceptors (Lipinski definition) is 3. The molecule has 1 saturated carbocycles. The van der Waals surface area contributed by atoms with Crippen LogP contribution in [-0.2, 0) is 4.79 Å². The lowest BCUT2D eigenvalue weighted by Crippen LogP contribution is -2.23. The van der Waals surface area contributed by atoms with Gasteiger partial charge in [-0.05, 0) is 48.0 Å². The molecule has 19 heavy (non-hydrogen) atoms. The molecule has 3 rings (SSSR count). The fraction of sp³-hybridized carbons (Fsp3) is 0.500. The van der Waals surface area contributed by atoms with Crippen LogP contribution < -0.4 is 10.6 Å². The summed E-state index contributed by atoms with van der Waals surface area (Å²) in [6.07, 6.45) is 5.30. The Balaban J connectivity index is 1.88. The summed E-state index contributed by atoms with van der Waals surface area (Å²) in [5, 5.41) is 6.73. The number of thioether (sulfide) groups is 1. The maximum absolute atomic E-state index is 11.8. The van der Waals surface area contributed by atoms with E-state index in [0.29, 0.717) is 0 Å². The third kappa shape index (κ3) is 2.56. The molecular formula is C14H17BrN2OS. The number of carbonyl (C=O) groups is 1. The molecule has 1 fully saturated rings. The average molecular weight is 341 g/mol. The van der Waals surface area contributed by atoms with Crippen LogP contribution in [0.15, 0.2) is 21.5 Å². The highest BCUT2D eigenvalue weighted by Crippen LogP contribution is 2.42. The molecule has 1 unspecified atom stereocenters. The van der Waals surface area contributed by atoms with Crippen molar-refractivity contribution < 1.29 is 4.79 Å². The summed E-state index contributed by atoms with van der Waals surface area (Å²) in [5.74, 6) is 0.0346. The third-order valence-corrected chi connectivity index (χ3v) is 6.13. The first-order chi connectivity index (χ1) is 9.19. The van der Waals surface area contributed by atoms with E-state index < -0.39 is 0 Å². The van der Waals surface area contributed by atoms with Crippen LogP contribution in [0.5, 0.6) is 0 Å². The molecular weight excluding hydrogens is 324 g/mol. The van der Waals surface area contributed by atoms with E-state index in [1.165, 1.54) is 30.6 Å². The van der Waals surface area contributed by atoms with Gasteiger partial charge in [0.25, 0.3) is 0 Å². The zero-order valence-corrected chi connectivity index (χ0v) is 13.2. The highest BCUT2D eigenvalue weighted by Gasteiger charge is 2.30. The molecule has 2 aliphatic rings. The Kier molecular flexibility index (Phi) is 3.87. The van der Waals surface area contributed by atoms with E-state index in [0.717, 1.165) is 21.0 Å². The number of amides is 1. The number of likely N-dealkylation sites (N-methyl/N-ethyl adjacent to an activating group) is 1. The number of benzene rings is 1. The Morgan fingerprint density at radius 2 is 2.11 bits per heavy atom. The smallest absolute Gasteiger partial charge is 0.246 e. The molecule has 0 saturated heterocycles. The van der Waals surface area contributed by atoms with Crippen molar-refractivity contribution >= 4 is 39.3 Å². The molecule has 3 nitrogen and oxygen atoms in total. The Morgan fingerprint density at radius 3 is 2.79 bits per heavy atom. The molecule has 5 heteroatoms. The van der Waals surface area contributed by atoms with Crippen molar-refractivity contribution in [2.24, 2.45) is 0 Å². The van der Waals surface area contributed by atoms with Crippen molar-refractivity contribution in [3.05, 3.63) is 22.2 Å². The molecule has 1 aliphatic carbocycles. The van der Waals surface area contributed by atoms with Crippen LogP contribution in [-0.4, -0.2) is 18.2 Å². The number of rotatable bonds is 3. The minimum Gasteiger partial charge on any atom is -0.324 e. The standard InChI is InChI=1S/C14H17BrN2OS/c1-16-13-9-6-10(15)12(7-11(9)17-14(13)18)19-8-4-2-3-5-8/h6-8,13,16H,2-5H2,1H3,(H,17,18). The molecule has 1 aromatic carbocycles. The van der Waals surface area contributed by atoms with Gasteiger partial charge in [-0.3, -0.25) is 4.79 Å².